The Morgan fingerprint density at radius 1 is 1.36 bits per heavy atom. The maximum absolute atomic E-state index is 10.2. The van der Waals surface area contributed by atoms with Crippen molar-refractivity contribution in [1.29, 1.82) is 0 Å². The maximum Gasteiger partial charge on any atom is 0.302 e. The summed E-state index contributed by atoms with van der Waals surface area (Å²) in [5.41, 5.74) is 6.55. The van der Waals surface area contributed by atoms with Crippen molar-refractivity contribution < 1.29 is 14.3 Å². The van der Waals surface area contributed by atoms with Crippen molar-refractivity contribution in [2.75, 3.05) is 6.61 Å². The average molecular weight is 158 g/mol. The van der Waals surface area contributed by atoms with Gasteiger partial charge in [-0.2, -0.15) is 0 Å². The number of nitrogens with one attached hydrogen (secondary N) is 1. The first kappa shape index (κ1) is 9.94. The highest BCUT2D eigenvalue weighted by Crippen LogP contribution is 1.95. The third kappa shape index (κ3) is 8.94. The Kier molecular flexibility index (Phi) is 5.15. The van der Waals surface area contributed by atoms with Gasteiger partial charge in [0.05, 0.1) is 6.61 Å². The number of carbonyl (C=O) groups excluding carboxylic acids is 2. The van der Waals surface area contributed by atoms with E-state index >= 15 is 0 Å². The van der Waals surface area contributed by atoms with E-state index in [4.69, 9.17) is 5.73 Å². The molecule has 0 heterocycles. The van der Waals surface area contributed by atoms with Gasteiger partial charge in [0.1, 0.15) is 0 Å². The van der Waals surface area contributed by atoms with Crippen molar-refractivity contribution in [1.82, 2.24) is 5.73 Å². The topological polar surface area (TPSA) is 67.2 Å². The van der Waals surface area contributed by atoms with Crippen molar-refractivity contribution in [2.45, 2.75) is 26.2 Å². The second-order valence-corrected chi connectivity index (χ2v) is 2.22. The van der Waals surface area contributed by atoms with Crippen LogP contribution in [-0.2, 0) is 14.3 Å². The molecule has 0 saturated carbocycles. The minimum Gasteiger partial charge on any atom is -0.466 e. The molecule has 1 amide bonds. The lowest BCUT2D eigenvalue weighted by Gasteiger charge is -1.98. The Bertz CT molecular complexity index is 129. The van der Waals surface area contributed by atoms with Gasteiger partial charge in [0.25, 0.3) is 0 Å². The lowest BCUT2D eigenvalue weighted by Crippen LogP contribution is -2.02. The van der Waals surface area contributed by atoms with Crippen LogP contribution in [0.25, 0.3) is 0 Å². The molecule has 0 aromatic heterocycles. The molecule has 4 heteroatoms. The molecule has 0 bridgehead atoms. The van der Waals surface area contributed by atoms with E-state index in [1.165, 1.54) is 6.92 Å². The van der Waals surface area contributed by atoms with Crippen LogP contribution in [0.2, 0.25) is 0 Å². The van der Waals surface area contributed by atoms with Crippen LogP contribution in [0.15, 0.2) is 0 Å². The van der Waals surface area contributed by atoms with Crippen molar-refractivity contribution in [3.63, 3.8) is 0 Å². The van der Waals surface area contributed by atoms with E-state index < -0.39 is 5.91 Å². The fourth-order valence-corrected chi connectivity index (χ4v) is 0.604. The molecule has 0 aliphatic heterocycles. The van der Waals surface area contributed by atoms with Gasteiger partial charge in [-0.3, -0.25) is 15.3 Å². The Hall–Kier alpha value is -1.06. The van der Waals surface area contributed by atoms with E-state index in [1.54, 1.807) is 0 Å². The van der Waals surface area contributed by atoms with Crippen LogP contribution in [0.3, 0.4) is 0 Å². The van der Waals surface area contributed by atoms with Crippen LogP contribution in [0, 0.1) is 0 Å². The number of hydrogen-bond donors (Lipinski definition) is 0. The predicted molar refractivity (Wildman–Crippen MR) is 38.6 cm³/mol. The van der Waals surface area contributed by atoms with E-state index in [9.17, 15) is 9.59 Å². The normalized spacial score (nSPS) is 9.18. The van der Waals surface area contributed by atoms with Gasteiger partial charge >= 0.3 is 5.97 Å². The lowest BCUT2D eigenvalue weighted by atomic mass is 10.2. The highest BCUT2D eigenvalue weighted by atomic mass is 16.5. The first-order valence-electron chi connectivity index (χ1n) is 3.50. The first-order valence-corrected chi connectivity index (χ1v) is 3.50. The number of amides is 1. The Morgan fingerprint density at radius 2 is 2.00 bits per heavy atom. The minimum absolute atomic E-state index is 0.251. The number of unbranched alkanes of at least 4 members (excludes halogenated alkanes) is 1. The smallest absolute Gasteiger partial charge is 0.302 e. The molecule has 0 atom stereocenters. The summed E-state index contributed by atoms with van der Waals surface area (Å²) in [6.07, 6.45) is 1.53. The van der Waals surface area contributed by atoms with Gasteiger partial charge in [0.15, 0.2) is 0 Å². The van der Waals surface area contributed by atoms with Gasteiger partial charge in [0.2, 0.25) is 5.91 Å². The zero-order valence-electron chi connectivity index (χ0n) is 6.55. The highest BCUT2D eigenvalue weighted by molar-refractivity contribution is 5.72. The summed E-state index contributed by atoms with van der Waals surface area (Å²) in [5.74, 6) is -0.866. The van der Waals surface area contributed by atoms with E-state index in [1.807, 2.05) is 0 Å². The molecule has 0 saturated heterocycles. The van der Waals surface area contributed by atoms with E-state index in [2.05, 4.69) is 4.74 Å². The third-order valence-corrected chi connectivity index (χ3v) is 1.10. The second kappa shape index (κ2) is 5.70. The fraction of sp³-hybridized carbons (Fsp3) is 0.714. The fourth-order valence-electron chi connectivity index (χ4n) is 0.604. The van der Waals surface area contributed by atoms with Gasteiger partial charge in [-0.15, -0.1) is 0 Å². The van der Waals surface area contributed by atoms with Gasteiger partial charge in [-0.1, -0.05) is 0 Å². The SMILES string of the molecule is CC(=O)OCCCCC([NH])=O. The van der Waals surface area contributed by atoms with Crippen molar-refractivity contribution in [3.8, 4) is 0 Å². The molecule has 63 valence electrons. The summed E-state index contributed by atoms with van der Waals surface area (Å²) in [6, 6.07) is 0. The molecule has 0 unspecified atom stereocenters. The predicted octanol–water partition coefficient (Wildman–Crippen LogP) is 0.529. The molecule has 0 aromatic rings. The van der Waals surface area contributed by atoms with E-state index in [0.29, 0.717) is 19.4 Å². The summed E-state index contributed by atoms with van der Waals surface area (Å²) in [5, 5.41) is 0. The summed E-state index contributed by atoms with van der Waals surface area (Å²) in [4.78, 5) is 20.3. The Morgan fingerprint density at radius 3 is 2.45 bits per heavy atom. The first-order chi connectivity index (χ1) is 5.13. The highest BCUT2D eigenvalue weighted by Gasteiger charge is 1.96. The van der Waals surface area contributed by atoms with Crippen LogP contribution >= 0.6 is 0 Å². The molecular formula is C7H12NO3. The molecule has 4 nitrogen and oxygen atoms in total. The molecule has 0 spiro atoms. The molecule has 0 fully saturated rings. The average Bonchev–Trinajstić information content (AvgIpc) is 1.85. The van der Waals surface area contributed by atoms with Crippen LogP contribution in [0.4, 0.5) is 0 Å². The molecule has 0 rings (SSSR count). The van der Waals surface area contributed by atoms with Crippen LogP contribution in [0.1, 0.15) is 26.2 Å². The maximum atomic E-state index is 10.2. The summed E-state index contributed by atoms with van der Waals surface area (Å²) in [6.45, 7) is 1.69. The molecule has 0 aromatic carbocycles. The molecule has 0 aliphatic rings. The minimum atomic E-state index is -0.562. The van der Waals surface area contributed by atoms with Crippen molar-refractivity contribution in [2.24, 2.45) is 0 Å². The summed E-state index contributed by atoms with van der Waals surface area (Å²) >= 11 is 0. The molecular weight excluding hydrogens is 146 g/mol. The molecule has 0 aliphatic carbocycles. The van der Waals surface area contributed by atoms with E-state index in [-0.39, 0.29) is 12.4 Å². The summed E-state index contributed by atoms with van der Waals surface area (Å²) in [7, 11) is 0. The van der Waals surface area contributed by atoms with Crippen LogP contribution < -0.4 is 5.73 Å². The Labute approximate surface area is 65.7 Å². The Balaban J connectivity index is 3.03. The third-order valence-electron chi connectivity index (χ3n) is 1.10. The lowest BCUT2D eigenvalue weighted by molar-refractivity contribution is -0.141. The van der Waals surface area contributed by atoms with Crippen molar-refractivity contribution >= 4 is 11.9 Å². The molecule has 11 heavy (non-hydrogen) atoms. The monoisotopic (exact) mass is 158 g/mol. The zero-order chi connectivity index (χ0) is 8.69. The van der Waals surface area contributed by atoms with Gasteiger partial charge in [0, 0.05) is 13.3 Å². The van der Waals surface area contributed by atoms with Crippen LogP contribution in [-0.4, -0.2) is 18.5 Å². The van der Waals surface area contributed by atoms with Crippen LogP contribution in [0.5, 0.6) is 0 Å². The number of ether oxygens (including phenoxy) is 1. The quantitative estimate of drug-likeness (QED) is 0.433. The number of rotatable bonds is 5. The zero-order valence-corrected chi connectivity index (χ0v) is 6.55. The number of esters is 1. The standard InChI is InChI=1S/C7H12NO3/c1-6(9)11-5-3-2-4-7(8)10/h8H,2-5H2,1H3. The number of carbonyl (C=O) groups is 2. The molecule has 1 radical (unpaired) electrons. The largest absolute Gasteiger partial charge is 0.466 e. The van der Waals surface area contributed by atoms with Gasteiger partial charge in [-0.05, 0) is 12.8 Å². The summed E-state index contributed by atoms with van der Waals surface area (Å²) < 4.78 is 4.61. The van der Waals surface area contributed by atoms with E-state index in [0.717, 1.165) is 0 Å². The van der Waals surface area contributed by atoms with Crippen molar-refractivity contribution in [3.05, 3.63) is 0 Å². The molecule has 1 N–H and O–H groups in total. The van der Waals surface area contributed by atoms with Gasteiger partial charge < -0.3 is 4.74 Å². The number of hydrogen-bond acceptors (Lipinski definition) is 3. The van der Waals surface area contributed by atoms with Gasteiger partial charge in [-0.25, -0.2) is 0 Å². The second-order valence-electron chi connectivity index (χ2n) is 2.22.